The highest BCUT2D eigenvalue weighted by molar-refractivity contribution is 7.99. The molecule has 7 heteroatoms. The van der Waals surface area contributed by atoms with E-state index in [9.17, 15) is 4.79 Å². The van der Waals surface area contributed by atoms with Gasteiger partial charge in [0.15, 0.2) is 5.16 Å². The average molecular weight is 366 g/mol. The lowest BCUT2D eigenvalue weighted by molar-refractivity contribution is -0.144. The van der Waals surface area contributed by atoms with Gasteiger partial charge in [0.2, 0.25) is 0 Å². The largest absolute Gasteiger partial charge is 0.462 e. The molecule has 2 aromatic rings. The van der Waals surface area contributed by atoms with Crippen LogP contribution in [0.15, 0.2) is 34.3 Å². The van der Waals surface area contributed by atoms with E-state index in [0.29, 0.717) is 0 Å². The molecule has 0 bridgehead atoms. The van der Waals surface area contributed by atoms with Crippen LogP contribution in [-0.2, 0) is 21.8 Å². The molecule has 0 saturated carbocycles. The fourth-order valence-electron chi connectivity index (χ4n) is 2.05. The van der Waals surface area contributed by atoms with Gasteiger partial charge in [0, 0.05) is 11.4 Å². The van der Waals surface area contributed by atoms with E-state index >= 15 is 0 Å². The quantitative estimate of drug-likeness (QED) is 0.522. The van der Waals surface area contributed by atoms with Crippen LogP contribution in [0.5, 0.6) is 0 Å². The van der Waals surface area contributed by atoms with E-state index in [0.717, 1.165) is 23.3 Å². The SMILES string of the molecule is CCn1c(CSc2ccc(C)cc2)nnc1SCC(=O)OC(C)C. The molecule has 5 nitrogen and oxygen atoms in total. The second-order valence-corrected chi connectivity index (χ2v) is 7.56. The molecular weight excluding hydrogens is 342 g/mol. The summed E-state index contributed by atoms with van der Waals surface area (Å²) in [7, 11) is 0. The van der Waals surface area contributed by atoms with Crippen molar-refractivity contribution in [3.63, 3.8) is 0 Å². The molecule has 0 fully saturated rings. The Bertz CT molecular complexity index is 669. The summed E-state index contributed by atoms with van der Waals surface area (Å²) in [6.45, 7) is 8.60. The van der Waals surface area contributed by atoms with E-state index in [1.807, 2.05) is 13.8 Å². The van der Waals surface area contributed by atoms with Gasteiger partial charge in [-0.05, 0) is 39.8 Å². The molecule has 0 spiro atoms. The zero-order valence-corrected chi connectivity index (χ0v) is 16.1. The normalized spacial score (nSPS) is 11.0. The van der Waals surface area contributed by atoms with Gasteiger partial charge in [-0.1, -0.05) is 29.5 Å². The number of thioether (sulfide) groups is 2. The van der Waals surface area contributed by atoms with Crippen molar-refractivity contribution in [1.82, 2.24) is 14.8 Å². The maximum atomic E-state index is 11.7. The summed E-state index contributed by atoms with van der Waals surface area (Å²) in [5.41, 5.74) is 1.25. The van der Waals surface area contributed by atoms with E-state index < -0.39 is 0 Å². The number of nitrogens with zero attached hydrogens (tertiary/aromatic N) is 3. The standard InChI is InChI=1S/C17H23N3O2S2/c1-5-20-15(10-23-14-8-6-13(4)7-9-14)18-19-17(20)24-11-16(21)22-12(2)3/h6-9,12H,5,10-11H2,1-4H3. The van der Waals surface area contributed by atoms with Crippen LogP contribution in [0.2, 0.25) is 0 Å². The summed E-state index contributed by atoms with van der Waals surface area (Å²) < 4.78 is 7.20. The number of carbonyl (C=O) groups is 1. The van der Waals surface area contributed by atoms with Crippen LogP contribution < -0.4 is 0 Å². The minimum absolute atomic E-state index is 0.0939. The summed E-state index contributed by atoms with van der Waals surface area (Å²) in [6.07, 6.45) is -0.0939. The molecule has 0 aliphatic rings. The first-order chi connectivity index (χ1) is 11.5. The Labute approximate surface area is 151 Å². The second kappa shape index (κ2) is 9.13. The molecule has 0 amide bonds. The summed E-state index contributed by atoms with van der Waals surface area (Å²) in [6, 6.07) is 8.44. The topological polar surface area (TPSA) is 57.0 Å². The van der Waals surface area contributed by atoms with E-state index in [4.69, 9.17) is 4.74 Å². The molecule has 0 saturated heterocycles. The molecule has 0 unspecified atom stereocenters. The third kappa shape index (κ3) is 5.56. The number of esters is 1. The first kappa shape index (κ1) is 18.9. The van der Waals surface area contributed by atoms with Crippen LogP contribution in [0, 0.1) is 6.92 Å². The smallest absolute Gasteiger partial charge is 0.316 e. The van der Waals surface area contributed by atoms with E-state index in [-0.39, 0.29) is 17.8 Å². The molecule has 0 aliphatic heterocycles. The fourth-order valence-corrected chi connectivity index (χ4v) is 3.69. The van der Waals surface area contributed by atoms with Crippen molar-refractivity contribution in [1.29, 1.82) is 0 Å². The summed E-state index contributed by atoms with van der Waals surface area (Å²) in [4.78, 5) is 12.9. The van der Waals surface area contributed by atoms with Gasteiger partial charge >= 0.3 is 5.97 Å². The van der Waals surface area contributed by atoms with Gasteiger partial charge in [0.05, 0.1) is 17.6 Å². The Morgan fingerprint density at radius 3 is 2.54 bits per heavy atom. The Morgan fingerprint density at radius 1 is 1.21 bits per heavy atom. The summed E-state index contributed by atoms with van der Waals surface area (Å²) >= 11 is 3.11. The third-order valence-electron chi connectivity index (χ3n) is 3.18. The zero-order valence-electron chi connectivity index (χ0n) is 14.5. The molecule has 24 heavy (non-hydrogen) atoms. The number of benzene rings is 1. The number of ether oxygens (including phenoxy) is 1. The lowest BCUT2D eigenvalue weighted by atomic mass is 10.2. The highest BCUT2D eigenvalue weighted by Gasteiger charge is 2.14. The third-order valence-corrected chi connectivity index (χ3v) is 5.13. The first-order valence-electron chi connectivity index (χ1n) is 7.93. The Morgan fingerprint density at radius 2 is 1.92 bits per heavy atom. The number of hydrogen-bond acceptors (Lipinski definition) is 6. The van der Waals surface area contributed by atoms with Crippen molar-refractivity contribution in [3.05, 3.63) is 35.7 Å². The molecule has 2 rings (SSSR count). The summed E-state index contributed by atoms with van der Waals surface area (Å²) in [5.74, 6) is 1.70. The fraction of sp³-hybridized carbons (Fsp3) is 0.471. The molecule has 1 aromatic carbocycles. The molecular formula is C17H23N3O2S2. The van der Waals surface area contributed by atoms with Gasteiger partial charge in [0.1, 0.15) is 5.82 Å². The van der Waals surface area contributed by atoms with Gasteiger partial charge < -0.3 is 9.30 Å². The predicted octanol–water partition coefficient (Wildman–Crippen LogP) is 3.94. The molecule has 130 valence electrons. The first-order valence-corrected chi connectivity index (χ1v) is 9.90. The van der Waals surface area contributed by atoms with Gasteiger partial charge in [0.25, 0.3) is 0 Å². The monoisotopic (exact) mass is 365 g/mol. The zero-order chi connectivity index (χ0) is 17.5. The molecule has 0 atom stereocenters. The maximum absolute atomic E-state index is 11.7. The molecule has 1 heterocycles. The second-order valence-electron chi connectivity index (χ2n) is 5.57. The van der Waals surface area contributed by atoms with Crippen molar-refractivity contribution < 1.29 is 9.53 Å². The van der Waals surface area contributed by atoms with E-state index in [2.05, 4.69) is 52.9 Å². The van der Waals surface area contributed by atoms with Gasteiger partial charge in [-0.25, -0.2) is 0 Å². The highest BCUT2D eigenvalue weighted by atomic mass is 32.2. The van der Waals surface area contributed by atoms with Crippen LogP contribution in [-0.4, -0.2) is 32.6 Å². The van der Waals surface area contributed by atoms with Crippen molar-refractivity contribution in [2.75, 3.05) is 5.75 Å². The van der Waals surface area contributed by atoms with Crippen molar-refractivity contribution >= 4 is 29.5 Å². The highest BCUT2D eigenvalue weighted by Crippen LogP contribution is 2.25. The van der Waals surface area contributed by atoms with E-state index in [1.165, 1.54) is 22.2 Å². The number of hydrogen-bond donors (Lipinski definition) is 0. The van der Waals surface area contributed by atoms with Crippen LogP contribution in [0.1, 0.15) is 32.2 Å². The number of rotatable bonds is 8. The summed E-state index contributed by atoms with van der Waals surface area (Å²) in [5, 5.41) is 9.26. The van der Waals surface area contributed by atoms with Crippen molar-refractivity contribution in [2.24, 2.45) is 0 Å². The Hall–Kier alpha value is -1.47. The van der Waals surface area contributed by atoms with Gasteiger partial charge in [-0.2, -0.15) is 0 Å². The Balaban J connectivity index is 1.95. The van der Waals surface area contributed by atoms with Gasteiger partial charge in [-0.15, -0.1) is 22.0 Å². The number of aryl methyl sites for hydroxylation is 1. The van der Waals surface area contributed by atoms with E-state index in [1.54, 1.807) is 11.8 Å². The lowest BCUT2D eigenvalue weighted by Crippen LogP contribution is -2.13. The maximum Gasteiger partial charge on any atom is 0.316 e. The van der Waals surface area contributed by atoms with Crippen LogP contribution in [0.4, 0.5) is 0 Å². The Kier molecular flexibility index (Phi) is 7.17. The molecule has 1 aromatic heterocycles. The predicted molar refractivity (Wildman–Crippen MR) is 98.4 cm³/mol. The molecule has 0 aliphatic carbocycles. The average Bonchev–Trinajstić information content (AvgIpc) is 2.93. The van der Waals surface area contributed by atoms with Crippen LogP contribution >= 0.6 is 23.5 Å². The van der Waals surface area contributed by atoms with Crippen molar-refractivity contribution in [2.45, 2.75) is 56.1 Å². The minimum atomic E-state index is -0.226. The molecule has 0 N–H and O–H groups in total. The van der Waals surface area contributed by atoms with Crippen LogP contribution in [0.25, 0.3) is 0 Å². The number of carbonyl (C=O) groups excluding carboxylic acids is 1. The molecule has 0 radical (unpaired) electrons. The van der Waals surface area contributed by atoms with Crippen LogP contribution in [0.3, 0.4) is 0 Å². The number of aromatic nitrogens is 3. The lowest BCUT2D eigenvalue weighted by Gasteiger charge is -2.09. The van der Waals surface area contributed by atoms with Crippen molar-refractivity contribution in [3.8, 4) is 0 Å². The van der Waals surface area contributed by atoms with Gasteiger partial charge in [-0.3, -0.25) is 4.79 Å². The minimum Gasteiger partial charge on any atom is -0.462 e.